The number of hydrogen-bond donors (Lipinski definition) is 0. The van der Waals surface area contributed by atoms with Gasteiger partial charge in [-0.3, -0.25) is 4.79 Å². The van der Waals surface area contributed by atoms with Gasteiger partial charge in [-0.25, -0.2) is 0 Å². The minimum absolute atomic E-state index is 0.0530. The number of amides is 1. The van der Waals surface area contributed by atoms with Crippen LogP contribution in [0.3, 0.4) is 0 Å². The van der Waals surface area contributed by atoms with Gasteiger partial charge in [-0.1, -0.05) is 28.9 Å². The van der Waals surface area contributed by atoms with Crippen LogP contribution < -0.4 is 4.90 Å². The van der Waals surface area contributed by atoms with Crippen LogP contribution in [0.25, 0.3) is 11.5 Å². The van der Waals surface area contributed by atoms with Gasteiger partial charge in [0.1, 0.15) is 0 Å². The number of aryl methyl sites for hydroxylation is 1. The molecule has 1 amide bonds. The Bertz CT molecular complexity index is 953. The molecule has 132 valence electrons. The van der Waals surface area contributed by atoms with Crippen LogP contribution in [-0.2, 0) is 4.79 Å². The molecule has 1 saturated heterocycles. The van der Waals surface area contributed by atoms with Gasteiger partial charge < -0.3 is 9.42 Å². The van der Waals surface area contributed by atoms with Gasteiger partial charge >= 0.3 is 0 Å². The predicted octanol–water partition coefficient (Wildman–Crippen LogP) is 4.29. The molecule has 6 heteroatoms. The van der Waals surface area contributed by atoms with Gasteiger partial charge in [-0.15, -0.1) is 11.8 Å². The van der Waals surface area contributed by atoms with E-state index in [2.05, 4.69) is 10.1 Å². The Kier molecular flexibility index (Phi) is 4.51. The fourth-order valence-corrected chi connectivity index (χ4v) is 3.66. The van der Waals surface area contributed by atoms with Crippen molar-refractivity contribution in [2.24, 2.45) is 0 Å². The molecule has 3 aromatic rings. The molecule has 1 unspecified atom stereocenters. The number of carbonyl (C=O) groups excluding carboxylic acids is 1. The number of thioether (sulfide) groups is 1. The molecular weight excluding hydrogens is 346 g/mol. The van der Waals surface area contributed by atoms with E-state index in [1.54, 1.807) is 11.8 Å². The molecule has 1 aliphatic heterocycles. The second kappa shape index (κ2) is 6.96. The topological polar surface area (TPSA) is 59.2 Å². The van der Waals surface area contributed by atoms with Crippen molar-refractivity contribution in [3.63, 3.8) is 0 Å². The van der Waals surface area contributed by atoms with Gasteiger partial charge in [-0.05, 0) is 43.5 Å². The fourth-order valence-electron chi connectivity index (χ4n) is 3.20. The summed E-state index contributed by atoms with van der Waals surface area (Å²) >= 11 is 1.66. The maximum absolute atomic E-state index is 12.5. The average molecular weight is 365 g/mol. The van der Waals surface area contributed by atoms with Crippen LogP contribution in [0.4, 0.5) is 5.69 Å². The highest BCUT2D eigenvalue weighted by Crippen LogP contribution is 2.33. The summed E-state index contributed by atoms with van der Waals surface area (Å²) in [6.45, 7) is 2.60. The minimum atomic E-state index is -0.0530. The Morgan fingerprint density at radius 2 is 2.04 bits per heavy atom. The van der Waals surface area contributed by atoms with Gasteiger partial charge in [0.05, 0.1) is 0 Å². The van der Waals surface area contributed by atoms with Crippen LogP contribution in [0.5, 0.6) is 0 Å². The summed E-state index contributed by atoms with van der Waals surface area (Å²) in [5.74, 6) is 1.13. The van der Waals surface area contributed by atoms with E-state index in [-0.39, 0.29) is 11.8 Å². The van der Waals surface area contributed by atoms with Crippen LogP contribution in [-0.4, -0.2) is 28.8 Å². The molecule has 0 saturated carbocycles. The van der Waals surface area contributed by atoms with E-state index in [0.717, 1.165) is 21.7 Å². The molecule has 5 nitrogen and oxygen atoms in total. The molecule has 1 aliphatic rings. The lowest BCUT2D eigenvalue weighted by Gasteiger charge is -2.16. The van der Waals surface area contributed by atoms with Crippen LogP contribution in [0.2, 0.25) is 0 Å². The van der Waals surface area contributed by atoms with Crippen molar-refractivity contribution in [2.45, 2.75) is 24.2 Å². The second-order valence-electron chi connectivity index (χ2n) is 6.43. The van der Waals surface area contributed by atoms with Crippen LogP contribution >= 0.6 is 11.8 Å². The monoisotopic (exact) mass is 365 g/mol. The molecule has 26 heavy (non-hydrogen) atoms. The number of carbonyl (C=O) groups is 1. The lowest BCUT2D eigenvalue weighted by atomic mass is 10.1. The quantitative estimate of drug-likeness (QED) is 0.646. The number of nitrogens with zero attached hydrogens (tertiary/aromatic N) is 3. The second-order valence-corrected chi connectivity index (χ2v) is 7.31. The van der Waals surface area contributed by atoms with Crippen molar-refractivity contribution in [1.29, 1.82) is 0 Å². The number of anilines is 1. The SMILES string of the molecule is CSc1cccc(N2CC(c3noc(-c4cccc(C)c4)n3)CC2=O)c1. The molecule has 0 radical (unpaired) electrons. The third-order valence-corrected chi connectivity index (χ3v) is 5.29. The number of aromatic nitrogens is 2. The first-order valence-electron chi connectivity index (χ1n) is 8.49. The molecule has 0 N–H and O–H groups in total. The van der Waals surface area contributed by atoms with Gasteiger partial charge in [0.2, 0.25) is 5.91 Å². The van der Waals surface area contributed by atoms with E-state index in [0.29, 0.717) is 24.7 Å². The summed E-state index contributed by atoms with van der Waals surface area (Å²) in [7, 11) is 0. The van der Waals surface area contributed by atoms with E-state index in [1.165, 1.54) is 0 Å². The van der Waals surface area contributed by atoms with E-state index < -0.39 is 0 Å². The first-order chi connectivity index (χ1) is 12.6. The molecule has 1 fully saturated rings. The molecule has 1 aromatic heterocycles. The first kappa shape index (κ1) is 16.8. The summed E-state index contributed by atoms with van der Waals surface area (Å²) in [4.78, 5) is 20.0. The predicted molar refractivity (Wildman–Crippen MR) is 102 cm³/mol. The summed E-state index contributed by atoms with van der Waals surface area (Å²) in [6.07, 6.45) is 2.43. The molecule has 2 aromatic carbocycles. The third kappa shape index (κ3) is 3.24. The zero-order chi connectivity index (χ0) is 18.1. The zero-order valence-corrected chi connectivity index (χ0v) is 15.5. The Morgan fingerprint density at radius 1 is 1.19 bits per heavy atom. The highest BCUT2D eigenvalue weighted by atomic mass is 32.2. The summed E-state index contributed by atoms with van der Waals surface area (Å²) in [6, 6.07) is 16.0. The van der Waals surface area contributed by atoms with E-state index in [9.17, 15) is 4.79 Å². The molecular formula is C20H19N3O2S. The zero-order valence-electron chi connectivity index (χ0n) is 14.7. The standard InChI is InChI=1S/C20H19N3O2S/c1-13-5-3-6-14(9-13)20-21-19(22-25-20)15-10-18(24)23(12-15)16-7-4-8-17(11-16)26-2/h3-9,11,15H,10,12H2,1-2H3. The smallest absolute Gasteiger partial charge is 0.257 e. The summed E-state index contributed by atoms with van der Waals surface area (Å²) in [5.41, 5.74) is 2.96. The van der Waals surface area contributed by atoms with Gasteiger partial charge in [-0.2, -0.15) is 4.98 Å². The van der Waals surface area contributed by atoms with Crippen LogP contribution in [0, 0.1) is 6.92 Å². The number of benzene rings is 2. The number of hydrogen-bond acceptors (Lipinski definition) is 5. The van der Waals surface area contributed by atoms with E-state index in [1.807, 2.05) is 66.6 Å². The van der Waals surface area contributed by atoms with Crippen LogP contribution in [0.15, 0.2) is 57.9 Å². The van der Waals surface area contributed by atoms with Crippen molar-refractivity contribution in [3.8, 4) is 11.5 Å². The molecule has 0 aliphatic carbocycles. The summed E-state index contributed by atoms with van der Waals surface area (Å²) in [5, 5.41) is 4.13. The van der Waals surface area contributed by atoms with Crippen molar-refractivity contribution in [3.05, 3.63) is 59.9 Å². The molecule has 0 spiro atoms. The molecule has 1 atom stereocenters. The highest BCUT2D eigenvalue weighted by molar-refractivity contribution is 7.98. The van der Waals surface area contributed by atoms with E-state index >= 15 is 0 Å². The number of rotatable bonds is 4. The van der Waals surface area contributed by atoms with Gasteiger partial charge in [0.25, 0.3) is 5.89 Å². The fraction of sp³-hybridized carbons (Fsp3) is 0.250. The maximum Gasteiger partial charge on any atom is 0.257 e. The summed E-state index contributed by atoms with van der Waals surface area (Å²) < 4.78 is 5.44. The minimum Gasteiger partial charge on any atom is -0.334 e. The average Bonchev–Trinajstić information content (AvgIpc) is 3.28. The van der Waals surface area contributed by atoms with E-state index in [4.69, 9.17) is 4.52 Å². The molecule has 4 rings (SSSR count). The van der Waals surface area contributed by atoms with Crippen molar-refractivity contribution < 1.29 is 9.32 Å². The molecule has 0 bridgehead atoms. The Labute approximate surface area is 156 Å². The Hall–Kier alpha value is -2.60. The highest BCUT2D eigenvalue weighted by Gasteiger charge is 2.34. The van der Waals surface area contributed by atoms with Gasteiger partial charge in [0, 0.05) is 35.0 Å². The lowest BCUT2D eigenvalue weighted by molar-refractivity contribution is -0.117. The van der Waals surface area contributed by atoms with Crippen molar-refractivity contribution >= 4 is 23.4 Å². The van der Waals surface area contributed by atoms with Gasteiger partial charge in [0.15, 0.2) is 5.82 Å². The van der Waals surface area contributed by atoms with Crippen LogP contribution in [0.1, 0.15) is 23.7 Å². The Balaban J connectivity index is 1.56. The molecule has 2 heterocycles. The third-order valence-electron chi connectivity index (χ3n) is 4.56. The maximum atomic E-state index is 12.5. The Morgan fingerprint density at radius 3 is 2.85 bits per heavy atom. The normalized spacial score (nSPS) is 17.1. The lowest BCUT2D eigenvalue weighted by Crippen LogP contribution is -2.24. The van der Waals surface area contributed by atoms with Crippen molar-refractivity contribution in [2.75, 3.05) is 17.7 Å². The largest absolute Gasteiger partial charge is 0.334 e. The first-order valence-corrected chi connectivity index (χ1v) is 9.71. The van der Waals surface area contributed by atoms with Crippen molar-refractivity contribution in [1.82, 2.24) is 10.1 Å².